The maximum Gasteiger partial charge on any atom is 0.191 e. The zero-order valence-corrected chi connectivity index (χ0v) is 19.1. The molecule has 0 saturated carbocycles. The van der Waals surface area contributed by atoms with E-state index in [-0.39, 0.29) is 0 Å². The van der Waals surface area contributed by atoms with Crippen LogP contribution in [0.4, 0.5) is 5.82 Å². The normalized spacial score (nSPS) is 16.9. The van der Waals surface area contributed by atoms with E-state index in [0.29, 0.717) is 6.04 Å². The van der Waals surface area contributed by atoms with Crippen molar-refractivity contribution in [2.24, 2.45) is 4.99 Å². The summed E-state index contributed by atoms with van der Waals surface area (Å²) in [6, 6.07) is 4.67. The van der Waals surface area contributed by atoms with Crippen LogP contribution in [0.5, 0.6) is 0 Å². The first kappa shape index (κ1) is 23.4. The number of pyridine rings is 1. The van der Waals surface area contributed by atoms with Gasteiger partial charge in [-0.15, -0.1) is 0 Å². The Morgan fingerprint density at radius 1 is 1.24 bits per heavy atom. The molecule has 0 amide bonds. The molecule has 164 valence electrons. The summed E-state index contributed by atoms with van der Waals surface area (Å²) in [4.78, 5) is 16.2. The fourth-order valence-corrected chi connectivity index (χ4v) is 3.63. The fourth-order valence-electron chi connectivity index (χ4n) is 3.63. The molecule has 1 atom stereocenters. The zero-order chi connectivity index (χ0) is 21.1. The molecule has 1 fully saturated rings. The maximum atomic E-state index is 4.58. The number of aliphatic imine (C=N–C) groups is 1. The van der Waals surface area contributed by atoms with E-state index in [2.05, 4.69) is 75.3 Å². The van der Waals surface area contributed by atoms with E-state index in [1.807, 2.05) is 13.2 Å². The topological polar surface area (TPSA) is 59.0 Å². The van der Waals surface area contributed by atoms with Crippen LogP contribution in [0.15, 0.2) is 23.3 Å². The first-order valence-electron chi connectivity index (χ1n) is 11.1. The standard InChI is InChI=1S/C22H41N7/c1-6-28(7-2)12-8-9-19(3)26-22(23-4)25-18-20-10-11-24-21(17-20)29-15-13-27(5)14-16-29/h10-11,17,19H,6-9,12-16,18H2,1-5H3,(H2,23,25,26). The Morgan fingerprint density at radius 3 is 2.62 bits per heavy atom. The number of nitrogens with one attached hydrogen (secondary N) is 2. The number of rotatable bonds is 10. The molecular formula is C22H41N7. The first-order chi connectivity index (χ1) is 14.0. The molecule has 0 radical (unpaired) electrons. The second kappa shape index (κ2) is 12.6. The SMILES string of the molecule is CCN(CC)CCCC(C)NC(=NC)NCc1ccnc(N2CCN(C)CC2)c1. The lowest BCUT2D eigenvalue weighted by molar-refractivity contribution is 0.292. The molecule has 1 aliphatic heterocycles. The molecule has 2 heterocycles. The molecule has 0 bridgehead atoms. The lowest BCUT2D eigenvalue weighted by atomic mass is 10.2. The monoisotopic (exact) mass is 403 g/mol. The highest BCUT2D eigenvalue weighted by Gasteiger charge is 2.15. The number of aromatic nitrogens is 1. The Kier molecular flexibility index (Phi) is 10.2. The van der Waals surface area contributed by atoms with Crippen LogP contribution >= 0.6 is 0 Å². The predicted octanol–water partition coefficient (Wildman–Crippen LogP) is 2.01. The minimum atomic E-state index is 0.398. The van der Waals surface area contributed by atoms with Crippen LogP contribution in [0.2, 0.25) is 0 Å². The maximum absolute atomic E-state index is 4.58. The molecule has 0 aliphatic carbocycles. The van der Waals surface area contributed by atoms with Gasteiger partial charge in [0, 0.05) is 52.0 Å². The van der Waals surface area contributed by atoms with E-state index < -0.39 is 0 Å². The van der Waals surface area contributed by atoms with Gasteiger partial charge in [0.2, 0.25) is 0 Å². The van der Waals surface area contributed by atoms with E-state index in [1.54, 1.807) is 0 Å². The van der Waals surface area contributed by atoms with Crippen molar-refractivity contribution in [2.75, 3.05) is 64.8 Å². The predicted molar refractivity (Wildman–Crippen MR) is 124 cm³/mol. The molecule has 7 heteroatoms. The van der Waals surface area contributed by atoms with Gasteiger partial charge in [0.1, 0.15) is 5.82 Å². The highest BCUT2D eigenvalue weighted by Crippen LogP contribution is 2.14. The average Bonchev–Trinajstić information content (AvgIpc) is 2.75. The van der Waals surface area contributed by atoms with E-state index in [1.165, 1.54) is 12.0 Å². The lowest BCUT2D eigenvalue weighted by Crippen LogP contribution is -2.45. The van der Waals surface area contributed by atoms with Crippen molar-refractivity contribution < 1.29 is 0 Å². The Hall–Kier alpha value is -1.86. The summed E-state index contributed by atoms with van der Waals surface area (Å²) >= 11 is 0. The molecule has 29 heavy (non-hydrogen) atoms. The van der Waals surface area contributed by atoms with Crippen molar-refractivity contribution in [1.29, 1.82) is 0 Å². The second-order valence-electron chi connectivity index (χ2n) is 7.95. The Bertz CT molecular complexity index is 607. The Morgan fingerprint density at radius 2 is 1.97 bits per heavy atom. The van der Waals surface area contributed by atoms with Crippen molar-refractivity contribution in [2.45, 2.75) is 46.2 Å². The number of nitrogens with zero attached hydrogens (tertiary/aromatic N) is 5. The van der Waals surface area contributed by atoms with Gasteiger partial charge in [-0.05, 0) is 64.1 Å². The zero-order valence-electron chi connectivity index (χ0n) is 19.1. The van der Waals surface area contributed by atoms with Crippen molar-refractivity contribution in [1.82, 2.24) is 25.4 Å². The molecule has 0 aromatic carbocycles. The number of guanidine groups is 1. The smallest absolute Gasteiger partial charge is 0.191 e. The minimum absolute atomic E-state index is 0.398. The van der Waals surface area contributed by atoms with Gasteiger partial charge in [0.05, 0.1) is 0 Å². The first-order valence-corrected chi connectivity index (χ1v) is 11.1. The summed E-state index contributed by atoms with van der Waals surface area (Å²) in [5.41, 5.74) is 1.23. The van der Waals surface area contributed by atoms with Gasteiger partial charge in [-0.25, -0.2) is 4.98 Å². The van der Waals surface area contributed by atoms with Gasteiger partial charge in [0.15, 0.2) is 5.96 Å². The average molecular weight is 404 g/mol. The van der Waals surface area contributed by atoms with Crippen LogP contribution < -0.4 is 15.5 Å². The summed E-state index contributed by atoms with van der Waals surface area (Å²) < 4.78 is 0. The van der Waals surface area contributed by atoms with E-state index >= 15 is 0 Å². The largest absolute Gasteiger partial charge is 0.354 e. The summed E-state index contributed by atoms with van der Waals surface area (Å²) in [6.07, 6.45) is 4.25. The molecule has 1 saturated heterocycles. The quantitative estimate of drug-likeness (QED) is 0.460. The van der Waals surface area contributed by atoms with Crippen LogP contribution in [0.1, 0.15) is 39.2 Å². The summed E-state index contributed by atoms with van der Waals surface area (Å²) in [7, 11) is 4.01. The second-order valence-corrected chi connectivity index (χ2v) is 7.95. The third-order valence-electron chi connectivity index (χ3n) is 5.71. The van der Waals surface area contributed by atoms with Gasteiger partial charge in [0.25, 0.3) is 0 Å². The minimum Gasteiger partial charge on any atom is -0.354 e. The third-order valence-corrected chi connectivity index (χ3v) is 5.71. The van der Waals surface area contributed by atoms with Gasteiger partial charge in [-0.3, -0.25) is 4.99 Å². The summed E-state index contributed by atoms with van der Waals surface area (Å²) in [6.45, 7) is 15.1. The van der Waals surface area contributed by atoms with Crippen LogP contribution in [0.3, 0.4) is 0 Å². The van der Waals surface area contributed by atoms with Gasteiger partial charge in [-0.1, -0.05) is 13.8 Å². The number of likely N-dealkylation sites (N-methyl/N-ethyl adjacent to an activating group) is 1. The molecule has 0 spiro atoms. The molecular weight excluding hydrogens is 362 g/mol. The highest BCUT2D eigenvalue weighted by molar-refractivity contribution is 5.79. The molecule has 1 aliphatic rings. The summed E-state index contributed by atoms with van der Waals surface area (Å²) in [5.74, 6) is 1.93. The van der Waals surface area contributed by atoms with Gasteiger partial charge in [-0.2, -0.15) is 0 Å². The van der Waals surface area contributed by atoms with E-state index in [4.69, 9.17) is 0 Å². The Balaban J connectivity index is 1.78. The molecule has 2 N–H and O–H groups in total. The van der Waals surface area contributed by atoms with E-state index in [9.17, 15) is 0 Å². The van der Waals surface area contributed by atoms with Gasteiger partial charge >= 0.3 is 0 Å². The summed E-state index contributed by atoms with van der Waals surface area (Å²) in [5, 5.41) is 6.97. The van der Waals surface area contributed by atoms with Crippen molar-refractivity contribution in [3.63, 3.8) is 0 Å². The molecule has 1 aromatic rings. The molecule has 1 unspecified atom stereocenters. The fraction of sp³-hybridized carbons (Fsp3) is 0.727. The Labute approximate surface area is 177 Å². The van der Waals surface area contributed by atoms with Crippen LogP contribution in [0, 0.1) is 0 Å². The van der Waals surface area contributed by atoms with Crippen molar-refractivity contribution in [3.05, 3.63) is 23.9 Å². The number of hydrogen-bond acceptors (Lipinski definition) is 5. The van der Waals surface area contributed by atoms with Crippen molar-refractivity contribution >= 4 is 11.8 Å². The molecule has 7 nitrogen and oxygen atoms in total. The highest BCUT2D eigenvalue weighted by atomic mass is 15.3. The lowest BCUT2D eigenvalue weighted by Gasteiger charge is -2.33. The van der Waals surface area contributed by atoms with Crippen LogP contribution in [-0.4, -0.2) is 86.7 Å². The number of anilines is 1. The van der Waals surface area contributed by atoms with Crippen LogP contribution in [-0.2, 0) is 6.54 Å². The van der Waals surface area contributed by atoms with Gasteiger partial charge < -0.3 is 25.3 Å². The van der Waals surface area contributed by atoms with Crippen LogP contribution in [0.25, 0.3) is 0 Å². The molecule has 2 rings (SSSR count). The van der Waals surface area contributed by atoms with E-state index in [0.717, 1.165) is 70.6 Å². The van der Waals surface area contributed by atoms with Crippen molar-refractivity contribution in [3.8, 4) is 0 Å². The number of hydrogen-bond donors (Lipinski definition) is 2. The number of piperazine rings is 1. The third kappa shape index (κ3) is 8.19. The molecule has 1 aromatic heterocycles.